The first-order valence-corrected chi connectivity index (χ1v) is 7.41. The van der Waals surface area contributed by atoms with E-state index in [-0.39, 0.29) is 24.4 Å². The number of halogens is 1. The summed E-state index contributed by atoms with van der Waals surface area (Å²) in [7, 11) is 0. The number of benzene rings is 1. The van der Waals surface area contributed by atoms with Crippen LogP contribution in [0.25, 0.3) is 0 Å². The van der Waals surface area contributed by atoms with Crippen molar-refractivity contribution in [1.29, 1.82) is 0 Å². The smallest absolute Gasteiger partial charge is 0.241 e. The van der Waals surface area contributed by atoms with E-state index in [1.807, 2.05) is 35.2 Å². The number of nitrogens with zero attached hydrogens (tertiary/aromatic N) is 2. The molecular weight excluding hydrogens is 286 g/mol. The molecule has 0 bridgehead atoms. The molecule has 1 unspecified atom stereocenters. The molecule has 0 aliphatic carbocycles. The third-order valence-electron chi connectivity index (χ3n) is 3.80. The number of anilines is 1. The Labute approximate surface area is 133 Å². The number of amides is 1. The summed E-state index contributed by atoms with van der Waals surface area (Å²) in [4.78, 5) is 16.8. The standard InChI is InChI=1S/C16H25N3O.ClH/c1-13(2)19(15-7-5-4-6-8-15)16(20)12-18-10-9-17-11-14(18)3;/h4-8,13-14,17H,9-12H2,1-3H3;1H. The van der Waals surface area contributed by atoms with Crippen molar-refractivity contribution < 1.29 is 4.79 Å². The number of carbonyl (C=O) groups is 1. The average Bonchev–Trinajstić information content (AvgIpc) is 2.42. The van der Waals surface area contributed by atoms with Crippen LogP contribution in [0.2, 0.25) is 0 Å². The minimum Gasteiger partial charge on any atom is -0.314 e. The summed E-state index contributed by atoms with van der Waals surface area (Å²) in [6.45, 7) is 9.65. The second-order valence-corrected chi connectivity index (χ2v) is 5.72. The maximum absolute atomic E-state index is 12.7. The highest BCUT2D eigenvalue weighted by atomic mass is 35.5. The van der Waals surface area contributed by atoms with E-state index in [1.54, 1.807) is 0 Å². The normalized spacial score (nSPS) is 19.1. The molecule has 1 fully saturated rings. The van der Waals surface area contributed by atoms with Crippen molar-refractivity contribution in [2.75, 3.05) is 31.1 Å². The fraction of sp³-hybridized carbons (Fsp3) is 0.562. The number of nitrogens with one attached hydrogen (secondary N) is 1. The van der Waals surface area contributed by atoms with E-state index < -0.39 is 0 Å². The zero-order valence-corrected chi connectivity index (χ0v) is 13.9. The fourth-order valence-corrected chi connectivity index (χ4v) is 2.69. The molecule has 1 aromatic carbocycles. The van der Waals surface area contributed by atoms with E-state index in [1.165, 1.54) is 0 Å². The van der Waals surface area contributed by atoms with Gasteiger partial charge in [-0.3, -0.25) is 9.69 Å². The predicted octanol–water partition coefficient (Wildman–Crippen LogP) is 2.14. The predicted molar refractivity (Wildman–Crippen MR) is 90.2 cm³/mol. The van der Waals surface area contributed by atoms with E-state index in [2.05, 4.69) is 31.0 Å². The molecular formula is C16H26ClN3O. The van der Waals surface area contributed by atoms with Gasteiger partial charge < -0.3 is 10.2 Å². The number of hydrogen-bond donors (Lipinski definition) is 1. The van der Waals surface area contributed by atoms with Gasteiger partial charge in [0, 0.05) is 37.4 Å². The van der Waals surface area contributed by atoms with Gasteiger partial charge in [-0.15, -0.1) is 12.4 Å². The monoisotopic (exact) mass is 311 g/mol. The zero-order chi connectivity index (χ0) is 14.5. The molecule has 0 radical (unpaired) electrons. The molecule has 21 heavy (non-hydrogen) atoms. The summed E-state index contributed by atoms with van der Waals surface area (Å²) >= 11 is 0. The highest BCUT2D eigenvalue weighted by Crippen LogP contribution is 2.17. The Kier molecular flexibility index (Phi) is 7.15. The van der Waals surface area contributed by atoms with Gasteiger partial charge in [0.2, 0.25) is 5.91 Å². The molecule has 1 N–H and O–H groups in total. The molecule has 1 atom stereocenters. The molecule has 0 saturated carbocycles. The lowest BCUT2D eigenvalue weighted by atomic mass is 10.2. The van der Waals surface area contributed by atoms with Crippen molar-refractivity contribution in [3.63, 3.8) is 0 Å². The summed E-state index contributed by atoms with van der Waals surface area (Å²) in [5, 5.41) is 3.35. The molecule has 1 aliphatic heterocycles. The maximum atomic E-state index is 12.7. The molecule has 4 nitrogen and oxygen atoms in total. The highest BCUT2D eigenvalue weighted by Gasteiger charge is 2.25. The molecule has 2 rings (SSSR count). The van der Waals surface area contributed by atoms with E-state index >= 15 is 0 Å². The van der Waals surface area contributed by atoms with Gasteiger partial charge in [-0.2, -0.15) is 0 Å². The Balaban J connectivity index is 0.00000220. The largest absolute Gasteiger partial charge is 0.314 e. The van der Waals surface area contributed by atoms with Crippen molar-refractivity contribution in [2.45, 2.75) is 32.9 Å². The molecule has 118 valence electrons. The van der Waals surface area contributed by atoms with Crippen LogP contribution in [0.3, 0.4) is 0 Å². The second kappa shape index (κ2) is 8.37. The third kappa shape index (κ3) is 4.70. The first-order valence-electron chi connectivity index (χ1n) is 7.41. The Morgan fingerprint density at radius 2 is 2.05 bits per heavy atom. The van der Waals surface area contributed by atoms with Gasteiger partial charge in [0.15, 0.2) is 0 Å². The van der Waals surface area contributed by atoms with Gasteiger partial charge in [-0.05, 0) is 32.9 Å². The second-order valence-electron chi connectivity index (χ2n) is 5.72. The Morgan fingerprint density at radius 3 is 2.62 bits per heavy atom. The SMILES string of the molecule is CC1CNCCN1CC(=O)N(c1ccccc1)C(C)C.Cl. The fourth-order valence-electron chi connectivity index (χ4n) is 2.69. The summed E-state index contributed by atoms with van der Waals surface area (Å²) in [6, 6.07) is 10.5. The minimum atomic E-state index is 0. The number of hydrogen-bond acceptors (Lipinski definition) is 3. The van der Waals surface area contributed by atoms with Gasteiger partial charge in [-0.25, -0.2) is 0 Å². The van der Waals surface area contributed by atoms with Crippen molar-refractivity contribution >= 4 is 24.0 Å². The zero-order valence-electron chi connectivity index (χ0n) is 13.1. The first kappa shape index (κ1) is 18.0. The summed E-state index contributed by atoms with van der Waals surface area (Å²) in [5.41, 5.74) is 0.982. The van der Waals surface area contributed by atoms with Crippen LogP contribution in [0, 0.1) is 0 Å². The van der Waals surface area contributed by atoms with E-state index in [4.69, 9.17) is 0 Å². The lowest BCUT2D eigenvalue weighted by Gasteiger charge is -2.36. The lowest BCUT2D eigenvalue weighted by Crippen LogP contribution is -2.54. The lowest BCUT2D eigenvalue weighted by molar-refractivity contribution is -0.120. The molecule has 0 spiro atoms. The van der Waals surface area contributed by atoms with Crippen LogP contribution >= 0.6 is 12.4 Å². The van der Waals surface area contributed by atoms with Gasteiger partial charge in [-0.1, -0.05) is 18.2 Å². The number of piperazine rings is 1. The summed E-state index contributed by atoms with van der Waals surface area (Å²) in [6.07, 6.45) is 0. The molecule has 1 aromatic rings. The van der Waals surface area contributed by atoms with Crippen LogP contribution in [0.5, 0.6) is 0 Å². The molecule has 1 heterocycles. The average molecular weight is 312 g/mol. The molecule has 1 amide bonds. The molecule has 5 heteroatoms. The van der Waals surface area contributed by atoms with Gasteiger partial charge in [0.25, 0.3) is 0 Å². The molecule has 1 aliphatic rings. The number of carbonyl (C=O) groups excluding carboxylic acids is 1. The van der Waals surface area contributed by atoms with E-state index in [9.17, 15) is 4.79 Å². The van der Waals surface area contributed by atoms with Gasteiger partial charge >= 0.3 is 0 Å². The van der Waals surface area contributed by atoms with E-state index in [0.29, 0.717) is 12.6 Å². The van der Waals surface area contributed by atoms with Crippen LogP contribution < -0.4 is 10.2 Å². The van der Waals surface area contributed by atoms with Crippen LogP contribution in [0.4, 0.5) is 5.69 Å². The van der Waals surface area contributed by atoms with Crippen molar-refractivity contribution in [1.82, 2.24) is 10.2 Å². The molecule has 1 saturated heterocycles. The topological polar surface area (TPSA) is 35.6 Å². The first-order chi connectivity index (χ1) is 9.59. The maximum Gasteiger partial charge on any atom is 0.241 e. The molecule has 0 aromatic heterocycles. The summed E-state index contributed by atoms with van der Waals surface area (Å²) < 4.78 is 0. The highest BCUT2D eigenvalue weighted by molar-refractivity contribution is 5.95. The number of rotatable bonds is 4. The van der Waals surface area contributed by atoms with Crippen LogP contribution in [-0.2, 0) is 4.79 Å². The van der Waals surface area contributed by atoms with Gasteiger partial charge in [0.05, 0.1) is 6.54 Å². The van der Waals surface area contributed by atoms with Crippen LogP contribution in [0.15, 0.2) is 30.3 Å². The van der Waals surface area contributed by atoms with E-state index in [0.717, 1.165) is 25.3 Å². The Morgan fingerprint density at radius 1 is 1.38 bits per heavy atom. The van der Waals surface area contributed by atoms with Gasteiger partial charge in [0.1, 0.15) is 0 Å². The van der Waals surface area contributed by atoms with Crippen molar-refractivity contribution in [3.05, 3.63) is 30.3 Å². The third-order valence-corrected chi connectivity index (χ3v) is 3.80. The van der Waals surface area contributed by atoms with Crippen molar-refractivity contribution in [2.24, 2.45) is 0 Å². The Bertz CT molecular complexity index is 438. The van der Waals surface area contributed by atoms with Crippen LogP contribution in [-0.4, -0.2) is 49.1 Å². The number of para-hydroxylation sites is 1. The summed E-state index contributed by atoms with van der Waals surface area (Å²) in [5.74, 6) is 0.181. The van der Waals surface area contributed by atoms with Crippen molar-refractivity contribution in [3.8, 4) is 0 Å². The van der Waals surface area contributed by atoms with Crippen LogP contribution in [0.1, 0.15) is 20.8 Å². The quantitative estimate of drug-likeness (QED) is 0.925. The Hall–Kier alpha value is -1.10. The minimum absolute atomic E-state index is 0.